The molecule has 2 N–H and O–H groups in total. The summed E-state index contributed by atoms with van der Waals surface area (Å²) in [5, 5.41) is 12.2. The Balaban J connectivity index is 1.94. The number of carbonyl (C=O) groups excluding carboxylic acids is 1. The van der Waals surface area contributed by atoms with Crippen LogP contribution in [-0.4, -0.2) is 41.0 Å². The molecule has 1 aliphatic rings. The normalized spacial score (nSPS) is 19.2. The first-order chi connectivity index (χ1) is 10.1. The smallest absolute Gasteiger partial charge is 0.304 e. The van der Waals surface area contributed by atoms with Crippen LogP contribution in [0.1, 0.15) is 25.7 Å². The third-order valence-electron chi connectivity index (χ3n) is 3.65. The first kappa shape index (κ1) is 15.8. The monoisotopic (exact) mass is 310 g/mol. The number of amides is 1. The molecule has 5 nitrogen and oxygen atoms in total. The summed E-state index contributed by atoms with van der Waals surface area (Å²) >= 11 is 6.00. The van der Waals surface area contributed by atoms with E-state index in [4.69, 9.17) is 16.7 Å². The van der Waals surface area contributed by atoms with Crippen LogP contribution < -0.4 is 5.32 Å². The lowest BCUT2D eigenvalue weighted by molar-refractivity contribution is -0.139. The number of aliphatic carboxylic acids is 1. The van der Waals surface area contributed by atoms with Crippen LogP contribution in [-0.2, 0) is 9.59 Å². The molecule has 1 atom stereocenters. The molecule has 0 bridgehead atoms. The molecule has 0 aromatic heterocycles. The number of nitrogens with zero attached hydrogens (tertiary/aromatic N) is 1. The van der Waals surface area contributed by atoms with Crippen LogP contribution in [0.2, 0.25) is 5.02 Å². The zero-order chi connectivity index (χ0) is 15.2. The third kappa shape index (κ3) is 4.72. The second kappa shape index (κ2) is 7.43. The van der Waals surface area contributed by atoms with Crippen LogP contribution in [0.3, 0.4) is 0 Å². The predicted molar refractivity (Wildman–Crippen MR) is 81.5 cm³/mol. The fourth-order valence-electron chi connectivity index (χ4n) is 2.64. The quantitative estimate of drug-likeness (QED) is 0.877. The maximum absolute atomic E-state index is 12.1. The van der Waals surface area contributed by atoms with Crippen molar-refractivity contribution in [2.75, 3.05) is 18.4 Å². The summed E-state index contributed by atoms with van der Waals surface area (Å²) in [5.41, 5.74) is 0.580. The molecule has 1 amide bonds. The first-order valence-corrected chi connectivity index (χ1v) is 7.44. The van der Waals surface area contributed by atoms with Crippen LogP contribution in [0.15, 0.2) is 24.3 Å². The van der Waals surface area contributed by atoms with Gasteiger partial charge < -0.3 is 10.4 Å². The van der Waals surface area contributed by atoms with Gasteiger partial charge in [0.2, 0.25) is 5.91 Å². The molecule has 0 saturated carbocycles. The number of piperidine rings is 1. The third-order valence-corrected chi connectivity index (χ3v) is 3.98. The summed E-state index contributed by atoms with van der Waals surface area (Å²) in [6, 6.07) is 6.99. The maximum Gasteiger partial charge on any atom is 0.304 e. The molecular weight excluding hydrogens is 292 g/mol. The fraction of sp³-hybridized carbons (Fsp3) is 0.467. The van der Waals surface area contributed by atoms with Crippen LogP contribution >= 0.6 is 11.6 Å². The van der Waals surface area contributed by atoms with Crippen molar-refractivity contribution in [3.8, 4) is 0 Å². The number of likely N-dealkylation sites (tertiary alicyclic amines) is 1. The largest absolute Gasteiger partial charge is 0.481 e. The molecule has 0 spiro atoms. The number of rotatable bonds is 5. The molecule has 1 heterocycles. The molecule has 1 aromatic carbocycles. The van der Waals surface area contributed by atoms with Crippen LogP contribution in [0.25, 0.3) is 0 Å². The molecule has 0 aliphatic carbocycles. The topological polar surface area (TPSA) is 69.6 Å². The fourth-order valence-corrected chi connectivity index (χ4v) is 2.82. The summed E-state index contributed by atoms with van der Waals surface area (Å²) < 4.78 is 0. The molecule has 1 saturated heterocycles. The lowest BCUT2D eigenvalue weighted by Crippen LogP contribution is -2.44. The van der Waals surface area contributed by atoms with Gasteiger partial charge in [0.05, 0.1) is 23.7 Å². The van der Waals surface area contributed by atoms with Crippen molar-refractivity contribution in [1.82, 2.24) is 4.90 Å². The van der Waals surface area contributed by atoms with E-state index < -0.39 is 5.97 Å². The minimum absolute atomic E-state index is 0.0618. The van der Waals surface area contributed by atoms with Gasteiger partial charge in [-0.15, -0.1) is 0 Å². The molecule has 0 radical (unpaired) electrons. The maximum atomic E-state index is 12.1. The number of carbonyl (C=O) groups is 2. The zero-order valence-corrected chi connectivity index (χ0v) is 12.5. The summed E-state index contributed by atoms with van der Waals surface area (Å²) in [6.45, 7) is 0.955. The van der Waals surface area contributed by atoms with Crippen molar-refractivity contribution in [2.45, 2.75) is 31.7 Å². The van der Waals surface area contributed by atoms with Crippen LogP contribution in [0.4, 0.5) is 5.69 Å². The molecule has 6 heteroatoms. The van der Waals surface area contributed by atoms with Crippen LogP contribution in [0.5, 0.6) is 0 Å². The lowest BCUT2D eigenvalue weighted by atomic mass is 9.99. The van der Waals surface area contributed by atoms with Gasteiger partial charge in [-0.05, 0) is 31.5 Å². The highest BCUT2D eigenvalue weighted by Gasteiger charge is 2.26. The summed E-state index contributed by atoms with van der Waals surface area (Å²) in [6.07, 6.45) is 2.92. The minimum atomic E-state index is -0.821. The number of anilines is 1. The van der Waals surface area contributed by atoms with E-state index in [2.05, 4.69) is 5.32 Å². The number of hydrogen-bond acceptors (Lipinski definition) is 3. The highest BCUT2D eigenvalue weighted by atomic mass is 35.5. The molecule has 1 fully saturated rings. The first-order valence-electron chi connectivity index (χ1n) is 7.06. The average Bonchev–Trinajstić information content (AvgIpc) is 2.43. The van der Waals surface area contributed by atoms with Crippen molar-refractivity contribution in [1.29, 1.82) is 0 Å². The van der Waals surface area contributed by atoms with E-state index in [0.717, 1.165) is 25.8 Å². The Morgan fingerprint density at radius 1 is 1.33 bits per heavy atom. The van der Waals surface area contributed by atoms with E-state index in [0.29, 0.717) is 10.7 Å². The number of carboxylic acid groups (broad SMARTS) is 1. The SMILES string of the molecule is O=C(O)CC1CCCCN1CC(=O)Nc1ccccc1Cl. The van der Waals surface area contributed by atoms with E-state index in [9.17, 15) is 9.59 Å². The Kier molecular flexibility index (Phi) is 5.59. The number of nitrogens with one attached hydrogen (secondary N) is 1. The summed E-state index contributed by atoms with van der Waals surface area (Å²) in [4.78, 5) is 24.9. The Hall–Kier alpha value is -1.59. The number of halogens is 1. The van der Waals surface area contributed by atoms with Crippen molar-refractivity contribution in [2.24, 2.45) is 0 Å². The van der Waals surface area contributed by atoms with Gasteiger partial charge in [0.25, 0.3) is 0 Å². The highest BCUT2D eigenvalue weighted by molar-refractivity contribution is 6.33. The molecule has 2 rings (SSSR count). The molecule has 1 unspecified atom stereocenters. The van der Waals surface area contributed by atoms with E-state index in [1.54, 1.807) is 24.3 Å². The number of hydrogen-bond donors (Lipinski definition) is 2. The van der Waals surface area contributed by atoms with Crippen molar-refractivity contribution in [3.05, 3.63) is 29.3 Å². The number of benzene rings is 1. The Morgan fingerprint density at radius 2 is 2.10 bits per heavy atom. The summed E-state index contributed by atoms with van der Waals surface area (Å²) in [7, 11) is 0. The van der Waals surface area contributed by atoms with E-state index in [1.165, 1.54) is 0 Å². The van der Waals surface area contributed by atoms with Gasteiger partial charge in [-0.2, -0.15) is 0 Å². The van der Waals surface area contributed by atoms with Crippen molar-refractivity contribution < 1.29 is 14.7 Å². The second-order valence-corrected chi connectivity index (χ2v) is 5.65. The van der Waals surface area contributed by atoms with Crippen LogP contribution in [0, 0.1) is 0 Å². The Bertz CT molecular complexity index is 521. The molecule has 21 heavy (non-hydrogen) atoms. The molecule has 114 valence electrons. The standard InChI is InChI=1S/C15H19ClN2O3/c16-12-6-1-2-7-13(12)17-14(19)10-18-8-4-3-5-11(18)9-15(20)21/h1-2,6-7,11H,3-5,8-10H2,(H,17,19)(H,20,21). The zero-order valence-electron chi connectivity index (χ0n) is 11.7. The van der Waals surface area contributed by atoms with Gasteiger partial charge >= 0.3 is 5.97 Å². The van der Waals surface area contributed by atoms with Gasteiger partial charge in [0.1, 0.15) is 0 Å². The van der Waals surface area contributed by atoms with Crippen molar-refractivity contribution in [3.63, 3.8) is 0 Å². The summed E-state index contributed by atoms with van der Waals surface area (Å²) in [5.74, 6) is -0.987. The number of carboxylic acids is 1. The van der Waals surface area contributed by atoms with Gasteiger partial charge in [0, 0.05) is 6.04 Å². The predicted octanol–water partition coefficient (Wildman–Crippen LogP) is 2.61. The van der Waals surface area contributed by atoms with E-state index in [1.807, 2.05) is 4.90 Å². The second-order valence-electron chi connectivity index (χ2n) is 5.25. The lowest BCUT2D eigenvalue weighted by Gasteiger charge is -2.34. The minimum Gasteiger partial charge on any atom is -0.481 e. The van der Waals surface area contributed by atoms with Gasteiger partial charge in [-0.3, -0.25) is 14.5 Å². The Morgan fingerprint density at radius 3 is 2.81 bits per heavy atom. The van der Waals surface area contributed by atoms with Gasteiger partial charge in [0.15, 0.2) is 0 Å². The molecular formula is C15H19ClN2O3. The highest BCUT2D eigenvalue weighted by Crippen LogP contribution is 2.22. The average molecular weight is 311 g/mol. The van der Waals surface area contributed by atoms with Gasteiger partial charge in [-0.25, -0.2) is 0 Å². The Labute approximate surface area is 128 Å². The molecule has 1 aliphatic heterocycles. The molecule has 1 aromatic rings. The van der Waals surface area contributed by atoms with E-state index in [-0.39, 0.29) is 24.9 Å². The van der Waals surface area contributed by atoms with Gasteiger partial charge in [-0.1, -0.05) is 30.2 Å². The van der Waals surface area contributed by atoms with E-state index >= 15 is 0 Å². The van der Waals surface area contributed by atoms with Crippen molar-refractivity contribution >= 4 is 29.2 Å². The number of para-hydroxylation sites is 1.